The molecule has 3 amide bonds. The van der Waals surface area contributed by atoms with E-state index in [2.05, 4.69) is 16.0 Å². The third kappa shape index (κ3) is 8.57. The van der Waals surface area contributed by atoms with Gasteiger partial charge in [-0.25, -0.2) is 0 Å². The van der Waals surface area contributed by atoms with Gasteiger partial charge < -0.3 is 20.7 Å². The van der Waals surface area contributed by atoms with Gasteiger partial charge in [-0.3, -0.25) is 19.2 Å². The summed E-state index contributed by atoms with van der Waals surface area (Å²) in [4.78, 5) is 47.9. The first-order valence-electron chi connectivity index (χ1n) is 10.4. The zero-order valence-corrected chi connectivity index (χ0v) is 19.8. The van der Waals surface area contributed by atoms with Gasteiger partial charge in [0.05, 0.1) is 19.0 Å². The zero-order chi connectivity index (χ0) is 24.5. The number of halogens is 1. The van der Waals surface area contributed by atoms with Gasteiger partial charge in [-0.15, -0.1) is 0 Å². The molecule has 0 heterocycles. The first-order valence-corrected chi connectivity index (χ1v) is 10.8. The van der Waals surface area contributed by atoms with Crippen LogP contribution in [-0.2, 0) is 23.9 Å². The van der Waals surface area contributed by atoms with E-state index in [0.29, 0.717) is 16.3 Å². The van der Waals surface area contributed by atoms with Gasteiger partial charge in [-0.05, 0) is 49.6 Å². The van der Waals surface area contributed by atoms with Crippen molar-refractivity contribution in [3.05, 3.63) is 63.7 Å². The van der Waals surface area contributed by atoms with Crippen molar-refractivity contribution in [3.8, 4) is 0 Å². The lowest BCUT2D eigenvalue weighted by Crippen LogP contribution is -2.36. The Balaban J connectivity index is 1.82. The number of ether oxygens (including phenoxy) is 1. The molecule has 0 bridgehead atoms. The third-order valence-electron chi connectivity index (χ3n) is 4.77. The largest absolute Gasteiger partial charge is 0.456 e. The molecule has 0 aliphatic carbocycles. The maximum atomic E-state index is 12.2. The standard InChI is InChI=1S/C24H28ClN3O5/c1-14-9-15(2)24(16(3)10-14)28-21(30)12-26-22(31)13-33-23(32)11-20(27-17(4)29)18-5-7-19(25)8-6-18/h5-10,20H,11-13H2,1-4H3,(H,26,31)(H,27,29)(H,28,30). The van der Waals surface area contributed by atoms with Crippen LogP contribution in [0.25, 0.3) is 0 Å². The van der Waals surface area contributed by atoms with E-state index in [-0.39, 0.29) is 18.9 Å². The van der Waals surface area contributed by atoms with Crippen LogP contribution < -0.4 is 16.0 Å². The summed E-state index contributed by atoms with van der Waals surface area (Å²) < 4.78 is 5.00. The Morgan fingerprint density at radius 1 is 0.970 bits per heavy atom. The number of esters is 1. The van der Waals surface area contributed by atoms with E-state index in [0.717, 1.165) is 16.7 Å². The summed E-state index contributed by atoms with van der Waals surface area (Å²) in [6, 6.07) is 9.97. The number of rotatable bonds is 9. The second-order valence-electron chi connectivity index (χ2n) is 7.77. The molecule has 176 valence electrons. The van der Waals surface area contributed by atoms with Crippen molar-refractivity contribution in [2.45, 2.75) is 40.2 Å². The molecular weight excluding hydrogens is 446 g/mol. The highest BCUT2D eigenvalue weighted by atomic mass is 35.5. The Hall–Kier alpha value is -3.39. The average molecular weight is 474 g/mol. The van der Waals surface area contributed by atoms with E-state index in [9.17, 15) is 19.2 Å². The molecule has 0 spiro atoms. The normalized spacial score (nSPS) is 11.3. The van der Waals surface area contributed by atoms with E-state index >= 15 is 0 Å². The van der Waals surface area contributed by atoms with E-state index < -0.39 is 30.4 Å². The number of nitrogens with one attached hydrogen (secondary N) is 3. The lowest BCUT2D eigenvalue weighted by Gasteiger charge is -2.17. The van der Waals surface area contributed by atoms with Crippen molar-refractivity contribution in [3.63, 3.8) is 0 Å². The van der Waals surface area contributed by atoms with Crippen LogP contribution in [0, 0.1) is 20.8 Å². The summed E-state index contributed by atoms with van der Waals surface area (Å²) in [7, 11) is 0. The highest BCUT2D eigenvalue weighted by molar-refractivity contribution is 6.30. The molecule has 0 radical (unpaired) electrons. The number of benzene rings is 2. The van der Waals surface area contributed by atoms with Crippen LogP contribution in [0.15, 0.2) is 36.4 Å². The molecule has 0 saturated carbocycles. The maximum absolute atomic E-state index is 12.2. The molecular formula is C24H28ClN3O5. The monoisotopic (exact) mass is 473 g/mol. The van der Waals surface area contributed by atoms with Crippen LogP contribution in [-0.4, -0.2) is 36.8 Å². The minimum atomic E-state index is -0.672. The van der Waals surface area contributed by atoms with Crippen molar-refractivity contribution in [2.24, 2.45) is 0 Å². The lowest BCUT2D eigenvalue weighted by atomic mass is 10.0. The molecule has 1 unspecified atom stereocenters. The number of carbonyl (C=O) groups is 4. The van der Waals surface area contributed by atoms with E-state index in [4.69, 9.17) is 16.3 Å². The molecule has 9 heteroatoms. The molecule has 0 aromatic heterocycles. The predicted octanol–water partition coefficient (Wildman–Crippen LogP) is 3.13. The van der Waals surface area contributed by atoms with Gasteiger partial charge in [0.1, 0.15) is 0 Å². The summed E-state index contributed by atoms with van der Waals surface area (Å²) in [6.07, 6.45) is -0.166. The van der Waals surface area contributed by atoms with Gasteiger partial charge >= 0.3 is 5.97 Å². The maximum Gasteiger partial charge on any atom is 0.308 e. The van der Waals surface area contributed by atoms with Crippen molar-refractivity contribution in [1.29, 1.82) is 0 Å². The number of hydrogen-bond acceptors (Lipinski definition) is 5. The highest BCUT2D eigenvalue weighted by Gasteiger charge is 2.19. The fraction of sp³-hybridized carbons (Fsp3) is 0.333. The van der Waals surface area contributed by atoms with Gasteiger partial charge in [0, 0.05) is 17.6 Å². The Labute approximate surface area is 198 Å². The minimum absolute atomic E-state index is 0.166. The summed E-state index contributed by atoms with van der Waals surface area (Å²) in [5, 5.41) is 8.40. The summed E-state index contributed by atoms with van der Waals surface area (Å²) in [5.41, 5.74) is 4.33. The topological polar surface area (TPSA) is 114 Å². The molecule has 1 atom stereocenters. The van der Waals surface area contributed by atoms with Gasteiger partial charge in [-0.2, -0.15) is 0 Å². The van der Waals surface area contributed by atoms with Gasteiger partial charge in [0.25, 0.3) is 5.91 Å². The minimum Gasteiger partial charge on any atom is -0.456 e. The quantitative estimate of drug-likeness (QED) is 0.484. The number of amides is 3. The predicted molar refractivity (Wildman–Crippen MR) is 126 cm³/mol. The Bertz CT molecular complexity index is 1010. The van der Waals surface area contributed by atoms with E-state index in [1.54, 1.807) is 24.3 Å². The van der Waals surface area contributed by atoms with Crippen LogP contribution in [0.2, 0.25) is 5.02 Å². The fourth-order valence-electron chi connectivity index (χ4n) is 3.35. The van der Waals surface area contributed by atoms with Crippen LogP contribution in [0.4, 0.5) is 5.69 Å². The molecule has 0 saturated heterocycles. The average Bonchev–Trinajstić information content (AvgIpc) is 2.73. The van der Waals surface area contributed by atoms with Gasteiger partial charge in [0.2, 0.25) is 11.8 Å². The lowest BCUT2D eigenvalue weighted by molar-refractivity contribution is -0.149. The van der Waals surface area contributed by atoms with Crippen LogP contribution >= 0.6 is 11.6 Å². The molecule has 3 N–H and O–H groups in total. The van der Waals surface area contributed by atoms with E-state index in [1.165, 1.54) is 6.92 Å². The molecule has 0 aliphatic heterocycles. The first-order chi connectivity index (χ1) is 15.5. The summed E-state index contributed by atoms with van der Waals surface area (Å²) in [5.74, 6) is -1.99. The van der Waals surface area contributed by atoms with Crippen LogP contribution in [0.1, 0.15) is 41.6 Å². The van der Waals surface area contributed by atoms with E-state index in [1.807, 2.05) is 32.9 Å². The molecule has 8 nitrogen and oxygen atoms in total. The van der Waals surface area contributed by atoms with Crippen LogP contribution in [0.5, 0.6) is 0 Å². The number of carbonyl (C=O) groups excluding carboxylic acids is 4. The van der Waals surface area contributed by atoms with Crippen molar-refractivity contribution in [1.82, 2.24) is 10.6 Å². The van der Waals surface area contributed by atoms with Crippen molar-refractivity contribution in [2.75, 3.05) is 18.5 Å². The first kappa shape index (κ1) is 25.9. The second kappa shape index (κ2) is 12.0. The van der Waals surface area contributed by atoms with Crippen LogP contribution in [0.3, 0.4) is 0 Å². The highest BCUT2D eigenvalue weighted by Crippen LogP contribution is 2.22. The summed E-state index contributed by atoms with van der Waals surface area (Å²) >= 11 is 5.88. The SMILES string of the molecule is CC(=O)NC(CC(=O)OCC(=O)NCC(=O)Nc1c(C)cc(C)cc1C)c1ccc(Cl)cc1. The molecule has 2 aromatic carbocycles. The van der Waals surface area contributed by atoms with Crippen molar-refractivity contribution >= 4 is 41.0 Å². The Morgan fingerprint density at radius 2 is 1.58 bits per heavy atom. The Kier molecular flexibility index (Phi) is 9.42. The van der Waals surface area contributed by atoms with Gasteiger partial charge in [-0.1, -0.05) is 41.4 Å². The smallest absolute Gasteiger partial charge is 0.308 e. The molecule has 0 aliphatic rings. The van der Waals surface area contributed by atoms with Crippen molar-refractivity contribution < 1.29 is 23.9 Å². The number of aryl methyl sites for hydroxylation is 3. The Morgan fingerprint density at radius 3 is 2.15 bits per heavy atom. The molecule has 0 fully saturated rings. The fourth-order valence-corrected chi connectivity index (χ4v) is 3.48. The second-order valence-corrected chi connectivity index (χ2v) is 8.20. The van der Waals surface area contributed by atoms with Gasteiger partial charge in [0.15, 0.2) is 6.61 Å². The molecule has 2 rings (SSSR count). The summed E-state index contributed by atoms with van der Waals surface area (Å²) in [6.45, 7) is 6.30. The number of anilines is 1. The third-order valence-corrected chi connectivity index (χ3v) is 5.02. The number of hydrogen-bond donors (Lipinski definition) is 3. The zero-order valence-electron chi connectivity index (χ0n) is 19.1. The molecule has 2 aromatic rings. The molecule has 33 heavy (non-hydrogen) atoms.